The first-order chi connectivity index (χ1) is 6.79. The van der Waals surface area contributed by atoms with Crippen LogP contribution in [0.3, 0.4) is 0 Å². The molecule has 0 aliphatic rings. The van der Waals surface area contributed by atoms with Gasteiger partial charge in [-0.25, -0.2) is 8.42 Å². The summed E-state index contributed by atoms with van der Waals surface area (Å²) in [5.41, 5.74) is 4.34. The van der Waals surface area contributed by atoms with Crippen molar-refractivity contribution in [3.63, 3.8) is 0 Å². The number of hydrogen-bond acceptors (Lipinski definition) is 4. The fourth-order valence-electron chi connectivity index (χ4n) is 1.19. The van der Waals surface area contributed by atoms with Gasteiger partial charge in [0.2, 0.25) is 0 Å². The average molecular weight is 273 g/mol. The normalized spacial score (nSPS) is 10.8. The van der Waals surface area contributed by atoms with Crippen molar-refractivity contribution < 1.29 is 42.5 Å². The molecule has 0 spiro atoms. The van der Waals surface area contributed by atoms with Gasteiger partial charge in [-0.3, -0.25) is 0 Å². The molecule has 0 unspecified atom stereocenters. The van der Waals surface area contributed by atoms with Crippen LogP contribution in [0.1, 0.15) is 11.1 Å². The fraction of sp³-hybridized carbons (Fsp3) is 0.250. The Labute approximate surface area is 122 Å². The molecule has 0 heterocycles. The van der Waals surface area contributed by atoms with Crippen LogP contribution in [0.15, 0.2) is 12.1 Å². The molecule has 1 aromatic rings. The Morgan fingerprint density at radius 3 is 2.31 bits per heavy atom. The summed E-state index contributed by atoms with van der Waals surface area (Å²) < 4.78 is 31.0. The first-order valence-corrected chi connectivity index (χ1v) is 5.83. The van der Waals surface area contributed by atoms with Crippen molar-refractivity contribution in [2.45, 2.75) is 13.8 Å². The third-order valence-corrected chi connectivity index (χ3v) is 2.38. The summed E-state index contributed by atoms with van der Waals surface area (Å²) in [6, 6.07) is 3.48. The van der Waals surface area contributed by atoms with E-state index in [2.05, 4.69) is 5.43 Å². The minimum Gasteiger partial charge on any atom is -0.734 e. The largest absolute Gasteiger partial charge is 1.00 e. The first-order valence-electron chi connectivity index (χ1n) is 4.05. The van der Waals surface area contributed by atoms with Crippen molar-refractivity contribution in [2.75, 3.05) is 5.43 Å². The predicted octanol–water partition coefficient (Wildman–Crippen LogP) is -1.66. The van der Waals surface area contributed by atoms with Crippen LogP contribution in [-0.4, -0.2) is 13.0 Å². The number of hydrazine groups is 1. The zero-order valence-corrected chi connectivity index (χ0v) is 12.7. The van der Waals surface area contributed by atoms with E-state index < -0.39 is 10.3 Å². The van der Waals surface area contributed by atoms with Crippen LogP contribution >= 0.6 is 11.6 Å². The summed E-state index contributed by atoms with van der Waals surface area (Å²) in [6.07, 6.45) is 0. The number of hydrogen-bond donors (Lipinski definition) is 2. The minimum absolute atomic E-state index is 0. The van der Waals surface area contributed by atoms with Crippen molar-refractivity contribution in [3.05, 3.63) is 28.3 Å². The molecule has 0 atom stereocenters. The fourth-order valence-corrected chi connectivity index (χ4v) is 1.78. The molecule has 0 amide bonds. The maximum absolute atomic E-state index is 10.3. The number of halogens is 1. The van der Waals surface area contributed by atoms with Crippen molar-refractivity contribution in [2.24, 2.45) is 0 Å². The Morgan fingerprint density at radius 1 is 1.31 bits per heavy atom. The van der Waals surface area contributed by atoms with E-state index in [9.17, 15) is 13.0 Å². The van der Waals surface area contributed by atoms with Gasteiger partial charge in [-0.15, -0.1) is 4.83 Å². The minimum atomic E-state index is -4.54. The Hall–Kier alpha value is 0.180. The molecule has 16 heavy (non-hydrogen) atoms. The van der Waals surface area contributed by atoms with Crippen molar-refractivity contribution in [1.82, 2.24) is 4.83 Å². The standard InChI is InChI=1S/C8H11ClN2O3S.Na/c1-5-3-6(2)8(7(9)4-5)10-11-15(12,13)14;/h3-4,10-11H,1-2H3,(H,12,13,14);/q;+1/p-1. The Morgan fingerprint density at radius 2 is 1.88 bits per heavy atom. The number of nitrogens with one attached hydrogen (secondary N) is 2. The molecule has 0 aliphatic heterocycles. The van der Waals surface area contributed by atoms with E-state index in [0.29, 0.717) is 10.7 Å². The van der Waals surface area contributed by atoms with Gasteiger partial charge in [-0.2, -0.15) is 0 Å². The summed E-state index contributed by atoms with van der Waals surface area (Å²) in [4.78, 5) is 1.62. The topological polar surface area (TPSA) is 81.3 Å². The van der Waals surface area contributed by atoms with Crippen LogP contribution in [0.5, 0.6) is 0 Å². The van der Waals surface area contributed by atoms with E-state index in [1.54, 1.807) is 17.8 Å². The molecule has 1 rings (SSSR count). The number of rotatable bonds is 3. The van der Waals surface area contributed by atoms with E-state index in [1.165, 1.54) is 0 Å². The molecule has 0 saturated carbocycles. The number of benzene rings is 1. The molecule has 5 nitrogen and oxygen atoms in total. The van der Waals surface area contributed by atoms with E-state index in [1.807, 2.05) is 13.0 Å². The van der Waals surface area contributed by atoms with E-state index >= 15 is 0 Å². The van der Waals surface area contributed by atoms with Crippen molar-refractivity contribution >= 4 is 27.6 Å². The van der Waals surface area contributed by atoms with Gasteiger partial charge in [0.15, 0.2) is 10.3 Å². The molecule has 0 bridgehead atoms. The maximum atomic E-state index is 10.3. The zero-order chi connectivity index (χ0) is 11.6. The molecule has 1 aromatic carbocycles. The molecule has 0 fully saturated rings. The molecular weight excluding hydrogens is 263 g/mol. The maximum Gasteiger partial charge on any atom is 1.00 e. The quantitative estimate of drug-likeness (QED) is 0.392. The number of anilines is 1. The van der Waals surface area contributed by atoms with Crippen LogP contribution in [0.25, 0.3) is 0 Å². The molecule has 0 aliphatic carbocycles. The Balaban J connectivity index is 0.00000225. The molecule has 2 N–H and O–H groups in total. The van der Waals surface area contributed by atoms with Gasteiger partial charge in [-0.05, 0) is 31.0 Å². The van der Waals surface area contributed by atoms with Crippen molar-refractivity contribution in [3.8, 4) is 0 Å². The van der Waals surface area contributed by atoms with Gasteiger partial charge in [0.05, 0.1) is 10.7 Å². The van der Waals surface area contributed by atoms with E-state index in [4.69, 9.17) is 11.6 Å². The van der Waals surface area contributed by atoms with E-state index in [0.717, 1.165) is 11.1 Å². The summed E-state index contributed by atoms with van der Waals surface area (Å²) in [7, 11) is -4.54. The van der Waals surface area contributed by atoms with Gasteiger partial charge in [0.1, 0.15) is 0 Å². The third-order valence-electron chi connectivity index (χ3n) is 1.73. The Bertz CT molecular complexity index is 455. The van der Waals surface area contributed by atoms with Gasteiger partial charge in [-0.1, -0.05) is 17.7 Å². The van der Waals surface area contributed by atoms with Gasteiger partial charge in [0, 0.05) is 0 Å². The molecule has 0 saturated heterocycles. The van der Waals surface area contributed by atoms with Crippen LogP contribution in [0, 0.1) is 13.8 Å². The smallest absolute Gasteiger partial charge is 0.734 e. The predicted molar refractivity (Wildman–Crippen MR) is 57.4 cm³/mol. The second kappa shape index (κ2) is 6.20. The summed E-state index contributed by atoms with van der Waals surface area (Å²) in [5.74, 6) is 0. The summed E-state index contributed by atoms with van der Waals surface area (Å²) in [5, 5.41) is 0.351. The van der Waals surface area contributed by atoms with Crippen LogP contribution in [0.2, 0.25) is 5.02 Å². The molecule has 0 aromatic heterocycles. The molecular formula is C8H10ClN2NaO3S. The zero-order valence-electron chi connectivity index (χ0n) is 9.17. The molecule has 8 heteroatoms. The van der Waals surface area contributed by atoms with Crippen molar-refractivity contribution in [1.29, 1.82) is 0 Å². The molecule has 84 valence electrons. The third kappa shape index (κ3) is 5.01. The SMILES string of the molecule is Cc1cc(C)c(NNS(=O)(=O)[O-])c(Cl)c1.[Na+]. The second-order valence-electron chi connectivity index (χ2n) is 3.12. The van der Waals surface area contributed by atoms with Crippen LogP contribution in [0.4, 0.5) is 5.69 Å². The van der Waals surface area contributed by atoms with Crippen LogP contribution < -0.4 is 39.8 Å². The summed E-state index contributed by atoms with van der Waals surface area (Å²) in [6.45, 7) is 3.61. The first kappa shape index (κ1) is 16.2. The van der Waals surface area contributed by atoms with Gasteiger partial charge < -0.3 is 9.98 Å². The Kier molecular flexibility index (Phi) is 6.27. The summed E-state index contributed by atoms with van der Waals surface area (Å²) >= 11 is 5.86. The van der Waals surface area contributed by atoms with Gasteiger partial charge in [0.25, 0.3) is 0 Å². The molecule has 0 radical (unpaired) electrons. The number of aryl methyl sites for hydroxylation is 2. The van der Waals surface area contributed by atoms with Gasteiger partial charge >= 0.3 is 29.6 Å². The second-order valence-corrected chi connectivity index (χ2v) is 4.64. The monoisotopic (exact) mass is 272 g/mol. The van der Waals surface area contributed by atoms with Crippen LogP contribution in [-0.2, 0) is 10.3 Å². The average Bonchev–Trinajstić information content (AvgIpc) is 1.99. The van der Waals surface area contributed by atoms with E-state index in [-0.39, 0.29) is 29.6 Å².